The van der Waals surface area contributed by atoms with Crippen LogP contribution < -0.4 is 16.4 Å². The molecular weight excluding hydrogens is 464 g/mol. The minimum atomic E-state index is -1.24. The van der Waals surface area contributed by atoms with Crippen LogP contribution in [0.4, 0.5) is 0 Å². The molecule has 188 valence electrons. The summed E-state index contributed by atoms with van der Waals surface area (Å²) in [6, 6.07) is 1.80. The lowest BCUT2D eigenvalue weighted by atomic mass is 10.0. The molecule has 0 aliphatic carbocycles. The number of aromatic hydroxyl groups is 1. The molecule has 0 bridgehead atoms. The number of rotatable bonds is 12. The fourth-order valence-electron chi connectivity index (χ4n) is 3.71. The SMILES string of the molecule is CSCCC(NC(=O)C1CCCN1C(=O)C(N)CO)C(=O)NC(Cc1ccc(O)cc1)C(=O)O. The Kier molecular flexibility index (Phi) is 10.6. The summed E-state index contributed by atoms with van der Waals surface area (Å²) in [6.45, 7) is -0.222. The maximum atomic E-state index is 13.0. The predicted octanol–water partition coefficient (Wildman–Crippen LogP) is -0.947. The van der Waals surface area contributed by atoms with Crippen LogP contribution in [0.25, 0.3) is 0 Å². The number of phenols is 1. The standard InChI is InChI=1S/C22H32N4O7S/c1-34-10-8-16(24-20(30)18-3-2-9-26(18)21(31)15(23)12-27)19(29)25-17(22(32)33)11-13-4-6-14(28)7-5-13/h4-7,15-18,27-28H,2-3,8-12,23H2,1H3,(H,24,30)(H,25,29)(H,32,33). The number of hydrogen-bond donors (Lipinski definition) is 6. The Labute approximate surface area is 202 Å². The van der Waals surface area contributed by atoms with E-state index in [1.54, 1.807) is 12.1 Å². The molecule has 1 aliphatic rings. The van der Waals surface area contributed by atoms with Crippen molar-refractivity contribution < 1.29 is 34.5 Å². The van der Waals surface area contributed by atoms with Crippen LogP contribution in [0.5, 0.6) is 5.75 Å². The number of carboxylic acids is 1. The molecule has 4 atom stereocenters. The van der Waals surface area contributed by atoms with Crippen molar-refractivity contribution in [3.63, 3.8) is 0 Å². The Morgan fingerprint density at radius 3 is 2.44 bits per heavy atom. The van der Waals surface area contributed by atoms with E-state index in [-0.39, 0.29) is 18.6 Å². The van der Waals surface area contributed by atoms with E-state index in [1.807, 2.05) is 6.26 Å². The molecule has 4 unspecified atom stereocenters. The normalized spacial score (nSPS) is 18.1. The minimum absolute atomic E-state index is 0.00546. The number of nitrogens with zero attached hydrogens (tertiary/aromatic N) is 1. The van der Waals surface area contributed by atoms with Crippen LogP contribution in [0.2, 0.25) is 0 Å². The first-order valence-electron chi connectivity index (χ1n) is 10.9. The smallest absolute Gasteiger partial charge is 0.326 e. The van der Waals surface area contributed by atoms with E-state index in [0.29, 0.717) is 30.7 Å². The number of aliphatic carboxylic acids is 1. The first-order valence-corrected chi connectivity index (χ1v) is 12.3. The molecule has 11 nitrogen and oxygen atoms in total. The number of likely N-dealkylation sites (tertiary alicyclic amines) is 1. The second kappa shape index (κ2) is 13.2. The third-order valence-electron chi connectivity index (χ3n) is 5.59. The van der Waals surface area contributed by atoms with Crippen LogP contribution in [0.15, 0.2) is 24.3 Å². The van der Waals surface area contributed by atoms with E-state index in [4.69, 9.17) is 10.8 Å². The number of amides is 3. The lowest BCUT2D eigenvalue weighted by Crippen LogP contribution is -2.57. The molecular formula is C22H32N4O7S. The zero-order valence-corrected chi connectivity index (χ0v) is 19.8. The number of aliphatic hydroxyl groups is 1. The third kappa shape index (κ3) is 7.61. The van der Waals surface area contributed by atoms with Crippen molar-refractivity contribution in [3.8, 4) is 5.75 Å². The maximum absolute atomic E-state index is 13.0. The zero-order chi connectivity index (χ0) is 25.3. The van der Waals surface area contributed by atoms with Gasteiger partial charge < -0.3 is 36.6 Å². The lowest BCUT2D eigenvalue weighted by molar-refractivity contribution is -0.143. The van der Waals surface area contributed by atoms with Gasteiger partial charge in [0.2, 0.25) is 17.7 Å². The van der Waals surface area contributed by atoms with Gasteiger partial charge in [0.15, 0.2) is 0 Å². The maximum Gasteiger partial charge on any atom is 0.326 e. The van der Waals surface area contributed by atoms with Crippen LogP contribution in [-0.4, -0.2) is 93.2 Å². The van der Waals surface area contributed by atoms with Crippen LogP contribution in [-0.2, 0) is 25.6 Å². The largest absolute Gasteiger partial charge is 0.508 e. The van der Waals surface area contributed by atoms with Crippen molar-refractivity contribution in [2.24, 2.45) is 5.73 Å². The number of hydrogen-bond acceptors (Lipinski definition) is 8. The molecule has 34 heavy (non-hydrogen) atoms. The number of carbonyl (C=O) groups excluding carboxylic acids is 3. The molecule has 1 heterocycles. The summed E-state index contributed by atoms with van der Waals surface area (Å²) in [6.07, 6.45) is 3.08. The van der Waals surface area contributed by atoms with E-state index >= 15 is 0 Å². The summed E-state index contributed by atoms with van der Waals surface area (Å²) in [5.74, 6) is -2.36. The van der Waals surface area contributed by atoms with Gasteiger partial charge in [-0.15, -0.1) is 0 Å². The quantitative estimate of drug-likeness (QED) is 0.212. The number of thioether (sulfide) groups is 1. The van der Waals surface area contributed by atoms with E-state index < -0.39 is 54.5 Å². The van der Waals surface area contributed by atoms with Gasteiger partial charge in [0.25, 0.3) is 0 Å². The highest BCUT2D eigenvalue weighted by molar-refractivity contribution is 7.98. The molecule has 0 saturated carbocycles. The highest BCUT2D eigenvalue weighted by Crippen LogP contribution is 2.19. The Morgan fingerprint density at radius 2 is 1.85 bits per heavy atom. The molecule has 2 rings (SSSR count). The van der Waals surface area contributed by atoms with Gasteiger partial charge in [-0.3, -0.25) is 14.4 Å². The number of phenolic OH excluding ortho intramolecular Hbond substituents is 1. The first-order chi connectivity index (χ1) is 16.2. The second-order valence-corrected chi connectivity index (χ2v) is 9.08. The number of benzene rings is 1. The molecule has 1 aromatic carbocycles. The lowest BCUT2D eigenvalue weighted by Gasteiger charge is -2.28. The highest BCUT2D eigenvalue weighted by Gasteiger charge is 2.37. The molecule has 12 heteroatoms. The van der Waals surface area contributed by atoms with Gasteiger partial charge in [-0.05, 0) is 49.0 Å². The predicted molar refractivity (Wildman–Crippen MR) is 126 cm³/mol. The van der Waals surface area contributed by atoms with Gasteiger partial charge in [-0.1, -0.05) is 12.1 Å². The fourth-order valence-corrected chi connectivity index (χ4v) is 4.18. The highest BCUT2D eigenvalue weighted by atomic mass is 32.2. The summed E-state index contributed by atoms with van der Waals surface area (Å²) in [4.78, 5) is 51.4. The summed E-state index contributed by atoms with van der Waals surface area (Å²) < 4.78 is 0. The Balaban J connectivity index is 2.09. The Morgan fingerprint density at radius 1 is 1.18 bits per heavy atom. The van der Waals surface area contributed by atoms with E-state index in [9.17, 15) is 29.4 Å². The number of carbonyl (C=O) groups is 4. The molecule has 0 spiro atoms. The first kappa shape index (κ1) is 27.4. The minimum Gasteiger partial charge on any atom is -0.508 e. The van der Waals surface area contributed by atoms with Crippen molar-refractivity contribution >= 4 is 35.5 Å². The van der Waals surface area contributed by atoms with E-state index in [2.05, 4.69) is 10.6 Å². The monoisotopic (exact) mass is 496 g/mol. The number of nitrogens with one attached hydrogen (secondary N) is 2. The summed E-state index contributed by atoms with van der Waals surface area (Å²) >= 11 is 1.47. The van der Waals surface area contributed by atoms with Gasteiger partial charge in [0.05, 0.1) is 6.61 Å². The molecule has 1 aliphatic heterocycles. The third-order valence-corrected chi connectivity index (χ3v) is 6.23. The fraction of sp³-hybridized carbons (Fsp3) is 0.545. The van der Waals surface area contributed by atoms with Crippen LogP contribution in [0.1, 0.15) is 24.8 Å². The van der Waals surface area contributed by atoms with Crippen molar-refractivity contribution in [1.82, 2.24) is 15.5 Å². The van der Waals surface area contributed by atoms with Gasteiger partial charge in [-0.2, -0.15) is 11.8 Å². The Hall–Kier alpha value is -2.83. The number of aliphatic hydroxyl groups excluding tert-OH is 1. The average molecular weight is 497 g/mol. The van der Waals surface area contributed by atoms with E-state index in [0.717, 1.165) is 0 Å². The summed E-state index contributed by atoms with van der Waals surface area (Å²) in [7, 11) is 0. The van der Waals surface area contributed by atoms with Gasteiger partial charge in [0.1, 0.15) is 29.9 Å². The topological polar surface area (TPSA) is 182 Å². The summed E-state index contributed by atoms with van der Waals surface area (Å²) in [5, 5.41) is 33.3. The molecule has 7 N–H and O–H groups in total. The summed E-state index contributed by atoms with van der Waals surface area (Å²) in [5.41, 5.74) is 6.23. The van der Waals surface area contributed by atoms with Crippen LogP contribution >= 0.6 is 11.8 Å². The van der Waals surface area contributed by atoms with Gasteiger partial charge in [0, 0.05) is 13.0 Å². The number of nitrogens with two attached hydrogens (primary N) is 1. The molecule has 1 aromatic rings. The van der Waals surface area contributed by atoms with Crippen LogP contribution in [0.3, 0.4) is 0 Å². The van der Waals surface area contributed by atoms with Crippen molar-refractivity contribution in [2.75, 3.05) is 25.2 Å². The molecule has 0 aromatic heterocycles. The molecule has 1 fully saturated rings. The molecule has 3 amide bonds. The second-order valence-electron chi connectivity index (χ2n) is 8.09. The molecule has 0 radical (unpaired) electrons. The molecule has 1 saturated heterocycles. The van der Waals surface area contributed by atoms with Crippen LogP contribution in [0, 0.1) is 0 Å². The van der Waals surface area contributed by atoms with Crippen molar-refractivity contribution in [1.29, 1.82) is 0 Å². The van der Waals surface area contributed by atoms with E-state index in [1.165, 1.54) is 28.8 Å². The Bertz CT molecular complexity index is 867. The number of carboxylic acid groups (broad SMARTS) is 1. The van der Waals surface area contributed by atoms with Crippen molar-refractivity contribution in [2.45, 2.75) is 49.9 Å². The van der Waals surface area contributed by atoms with Gasteiger partial charge in [-0.25, -0.2) is 4.79 Å². The average Bonchev–Trinajstić information content (AvgIpc) is 3.31. The van der Waals surface area contributed by atoms with Gasteiger partial charge >= 0.3 is 5.97 Å². The van der Waals surface area contributed by atoms with Crippen molar-refractivity contribution in [3.05, 3.63) is 29.8 Å². The zero-order valence-electron chi connectivity index (χ0n) is 19.0.